The quantitative estimate of drug-likeness (QED) is 0.414. The third kappa shape index (κ3) is 3.71. The fraction of sp³-hybridized carbons (Fsp3) is 0.308. The van der Waals surface area contributed by atoms with Gasteiger partial charge in [-0.05, 0) is 31.0 Å². The minimum absolute atomic E-state index is 0.00812. The normalized spacial score (nSPS) is 14.1. The summed E-state index contributed by atoms with van der Waals surface area (Å²) in [5.74, 6) is -1.01. The van der Waals surface area contributed by atoms with Crippen molar-refractivity contribution >= 4 is 18.0 Å². The van der Waals surface area contributed by atoms with Gasteiger partial charge < -0.3 is 15.2 Å². The van der Waals surface area contributed by atoms with Crippen molar-refractivity contribution in [3.8, 4) is 11.5 Å². The van der Waals surface area contributed by atoms with Gasteiger partial charge in [-0.1, -0.05) is 0 Å². The van der Waals surface area contributed by atoms with Crippen LogP contribution in [0.4, 0.5) is 0 Å². The topological polar surface area (TPSA) is 100 Å². The zero-order valence-electron chi connectivity index (χ0n) is 10.9. The van der Waals surface area contributed by atoms with E-state index in [0.29, 0.717) is 11.3 Å². The van der Waals surface area contributed by atoms with E-state index in [1.807, 2.05) is 0 Å². The molecule has 0 heterocycles. The lowest BCUT2D eigenvalue weighted by atomic mass is 10.2. The lowest BCUT2D eigenvalue weighted by Gasteiger charge is -2.03. The van der Waals surface area contributed by atoms with E-state index in [1.165, 1.54) is 19.4 Å². The van der Waals surface area contributed by atoms with Crippen LogP contribution in [-0.4, -0.2) is 36.3 Å². The van der Waals surface area contributed by atoms with Crippen LogP contribution < -0.4 is 15.5 Å². The number of carbonyl (C=O) groups is 2. The van der Waals surface area contributed by atoms with E-state index in [0.717, 1.165) is 12.8 Å². The number of nitrogens with one attached hydrogen (secondary N) is 2. The molecule has 7 heteroatoms. The highest BCUT2D eigenvalue weighted by Gasteiger charge is 2.26. The first-order valence-corrected chi connectivity index (χ1v) is 6.11. The van der Waals surface area contributed by atoms with Crippen molar-refractivity contribution in [2.45, 2.75) is 18.9 Å². The van der Waals surface area contributed by atoms with E-state index < -0.39 is 11.8 Å². The number of nitrogens with zero attached hydrogens (tertiary/aromatic N) is 1. The maximum atomic E-state index is 11.4. The molecule has 0 aliphatic heterocycles. The number of phenols is 1. The Hall–Kier alpha value is -2.57. The zero-order valence-corrected chi connectivity index (χ0v) is 10.9. The van der Waals surface area contributed by atoms with E-state index in [1.54, 1.807) is 12.1 Å². The van der Waals surface area contributed by atoms with Crippen LogP contribution in [0.15, 0.2) is 23.3 Å². The van der Waals surface area contributed by atoms with Crippen LogP contribution in [0.25, 0.3) is 0 Å². The number of amides is 2. The first kappa shape index (κ1) is 13.9. The highest BCUT2D eigenvalue weighted by atomic mass is 16.5. The van der Waals surface area contributed by atoms with Crippen LogP contribution >= 0.6 is 0 Å². The van der Waals surface area contributed by atoms with Crippen LogP contribution in [0, 0.1) is 0 Å². The number of carbonyl (C=O) groups excluding carboxylic acids is 2. The molecule has 0 saturated heterocycles. The predicted molar refractivity (Wildman–Crippen MR) is 71.6 cm³/mol. The second kappa shape index (κ2) is 6.05. The molecule has 1 aliphatic rings. The Kier molecular flexibility index (Phi) is 4.19. The van der Waals surface area contributed by atoms with E-state index in [9.17, 15) is 14.7 Å². The molecule has 0 unspecified atom stereocenters. The third-order valence-corrected chi connectivity index (χ3v) is 2.72. The van der Waals surface area contributed by atoms with Gasteiger partial charge in [0.15, 0.2) is 0 Å². The maximum Gasteiger partial charge on any atom is 0.329 e. The van der Waals surface area contributed by atoms with Crippen LogP contribution in [0.2, 0.25) is 0 Å². The maximum absolute atomic E-state index is 11.4. The summed E-state index contributed by atoms with van der Waals surface area (Å²) >= 11 is 0. The minimum atomic E-state index is -0.837. The molecule has 2 rings (SSSR count). The van der Waals surface area contributed by atoms with Gasteiger partial charge in [0.2, 0.25) is 0 Å². The van der Waals surface area contributed by atoms with Crippen LogP contribution in [0.1, 0.15) is 18.4 Å². The van der Waals surface area contributed by atoms with Gasteiger partial charge in [-0.15, -0.1) is 0 Å². The summed E-state index contributed by atoms with van der Waals surface area (Å²) < 4.78 is 5.00. The summed E-state index contributed by atoms with van der Waals surface area (Å²) in [5.41, 5.74) is 2.46. The van der Waals surface area contributed by atoms with Crippen molar-refractivity contribution in [2.24, 2.45) is 5.10 Å². The summed E-state index contributed by atoms with van der Waals surface area (Å²) in [6.45, 7) is 0. The van der Waals surface area contributed by atoms with Gasteiger partial charge in [0.25, 0.3) is 0 Å². The smallest absolute Gasteiger partial charge is 0.329 e. The van der Waals surface area contributed by atoms with Crippen molar-refractivity contribution < 1.29 is 19.4 Å². The van der Waals surface area contributed by atoms with E-state index in [2.05, 4.69) is 15.8 Å². The molecule has 7 nitrogen and oxygen atoms in total. The van der Waals surface area contributed by atoms with Crippen molar-refractivity contribution in [1.82, 2.24) is 10.7 Å². The van der Waals surface area contributed by atoms with Crippen molar-refractivity contribution in [2.75, 3.05) is 7.11 Å². The molecule has 0 aromatic heterocycles. The SMILES string of the molecule is COc1ccc(O)c(/C=N/NC(=O)C(=O)NC2CC2)c1. The number of hydrogen-bond donors (Lipinski definition) is 3. The fourth-order valence-corrected chi connectivity index (χ4v) is 1.45. The number of rotatable bonds is 4. The Balaban J connectivity index is 1.91. The summed E-state index contributed by atoms with van der Waals surface area (Å²) in [5, 5.41) is 15.8. The molecule has 1 aromatic rings. The Labute approximate surface area is 115 Å². The number of benzene rings is 1. The second-order valence-electron chi connectivity index (χ2n) is 4.37. The van der Waals surface area contributed by atoms with E-state index >= 15 is 0 Å². The molecular weight excluding hydrogens is 262 g/mol. The number of hydrazone groups is 1. The molecule has 106 valence electrons. The largest absolute Gasteiger partial charge is 0.507 e. The first-order valence-electron chi connectivity index (χ1n) is 6.11. The van der Waals surface area contributed by atoms with Gasteiger partial charge in [0.05, 0.1) is 13.3 Å². The predicted octanol–water partition coefficient (Wildman–Crippen LogP) is 0.129. The van der Waals surface area contributed by atoms with Crippen molar-refractivity contribution in [3.63, 3.8) is 0 Å². The van der Waals surface area contributed by atoms with Crippen LogP contribution in [0.3, 0.4) is 0 Å². The Bertz CT molecular complexity index is 553. The molecule has 1 saturated carbocycles. The molecule has 1 fully saturated rings. The average molecular weight is 277 g/mol. The number of aromatic hydroxyl groups is 1. The molecule has 3 N–H and O–H groups in total. The molecule has 1 aliphatic carbocycles. The summed E-state index contributed by atoms with van der Waals surface area (Å²) in [7, 11) is 1.50. The highest BCUT2D eigenvalue weighted by molar-refractivity contribution is 6.35. The molecule has 0 spiro atoms. The molecule has 0 radical (unpaired) electrons. The third-order valence-electron chi connectivity index (χ3n) is 2.72. The Morgan fingerprint density at radius 3 is 2.80 bits per heavy atom. The lowest BCUT2D eigenvalue weighted by Crippen LogP contribution is -2.38. The number of methoxy groups -OCH3 is 1. The molecular formula is C13H15N3O4. The van der Waals surface area contributed by atoms with Gasteiger partial charge >= 0.3 is 11.8 Å². The summed E-state index contributed by atoms with van der Waals surface area (Å²) in [6.07, 6.45) is 3.04. The zero-order chi connectivity index (χ0) is 14.5. The van der Waals surface area contributed by atoms with Gasteiger partial charge in [0.1, 0.15) is 11.5 Å². The summed E-state index contributed by atoms with van der Waals surface area (Å²) in [6, 6.07) is 4.70. The molecule has 0 atom stereocenters. The average Bonchev–Trinajstić information content (AvgIpc) is 3.24. The van der Waals surface area contributed by atoms with E-state index in [-0.39, 0.29) is 11.8 Å². The van der Waals surface area contributed by atoms with Gasteiger partial charge in [0, 0.05) is 11.6 Å². The lowest BCUT2D eigenvalue weighted by molar-refractivity contribution is -0.139. The Morgan fingerprint density at radius 1 is 1.40 bits per heavy atom. The number of hydrogen-bond acceptors (Lipinski definition) is 5. The first-order chi connectivity index (χ1) is 9.60. The molecule has 2 amide bonds. The van der Waals surface area contributed by atoms with Gasteiger partial charge in [-0.25, -0.2) is 5.43 Å². The molecule has 1 aromatic carbocycles. The monoisotopic (exact) mass is 277 g/mol. The number of phenolic OH excluding ortho intramolecular Hbond substituents is 1. The molecule has 20 heavy (non-hydrogen) atoms. The van der Waals surface area contributed by atoms with Gasteiger partial charge in [-0.2, -0.15) is 5.10 Å². The van der Waals surface area contributed by atoms with Crippen molar-refractivity contribution in [3.05, 3.63) is 23.8 Å². The van der Waals surface area contributed by atoms with Crippen LogP contribution in [-0.2, 0) is 9.59 Å². The fourth-order valence-electron chi connectivity index (χ4n) is 1.45. The standard InChI is InChI=1S/C13H15N3O4/c1-20-10-4-5-11(17)8(6-10)7-14-16-13(19)12(18)15-9-2-3-9/h4-7,9,17H,2-3H2,1H3,(H,15,18)(H,16,19)/b14-7+. The Morgan fingerprint density at radius 2 is 2.15 bits per heavy atom. The highest BCUT2D eigenvalue weighted by Crippen LogP contribution is 2.21. The van der Waals surface area contributed by atoms with Crippen LogP contribution in [0.5, 0.6) is 11.5 Å². The second-order valence-corrected chi connectivity index (χ2v) is 4.37. The number of ether oxygens (including phenoxy) is 1. The van der Waals surface area contributed by atoms with E-state index in [4.69, 9.17) is 4.74 Å². The summed E-state index contributed by atoms with van der Waals surface area (Å²) in [4.78, 5) is 22.7. The van der Waals surface area contributed by atoms with Gasteiger partial charge in [-0.3, -0.25) is 9.59 Å². The van der Waals surface area contributed by atoms with Crippen molar-refractivity contribution in [1.29, 1.82) is 0 Å². The minimum Gasteiger partial charge on any atom is -0.507 e. The molecule has 0 bridgehead atoms.